The standard InChI is InChI=1S/C33H36Cl2F2N2O9S/c1-33(2,3)48-31(41)18-39(49(43)44)23-10-6-20(7-11-23)8-13-30(40)46-28(15-24-25(34)16-38(42)17-26(24)35)22-9-12-27(47-32(36)37)29(14-22)45-19-21-4-5-21/h6-7,9-12,14,16-17,21,28,32H,4-5,8,13,15,18-19H2,1-3H3,(H,43,44)/t28-/m0/s1. The summed E-state index contributed by atoms with van der Waals surface area (Å²) in [5.41, 5.74) is 0.923. The molecule has 0 aliphatic heterocycles. The number of carbonyl (C=O) groups is 2. The quantitative estimate of drug-likeness (QED) is 0.0730. The van der Waals surface area contributed by atoms with Gasteiger partial charge in [-0.15, -0.1) is 0 Å². The molecule has 1 aromatic heterocycles. The van der Waals surface area contributed by atoms with Gasteiger partial charge in [-0.05, 0) is 81.3 Å². The van der Waals surface area contributed by atoms with Crippen LogP contribution >= 0.6 is 23.2 Å². The smallest absolute Gasteiger partial charge is 0.387 e. The lowest BCUT2D eigenvalue weighted by molar-refractivity contribution is -0.605. The van der Waals surface area contributed by atoms with Crippen LogP contribution in [0.1, 0.15) is 62.8 Å². The first kappa shape index (κ1) is 38.1. The summed E-state index contributed by atoms with van der Waals surface area (Å²) in [7, 11) is 0. The number of carbonyl (C=O) groups excluding carboxylic acids is 2. The molecule has 1 unspecified atom stereocenters. The summed E-state index contributed by atoms with van der Waals surface area (Å²) in [5, 5.41) is 11.9. The number of hydrogen-bond acceptors (Lipinski definition) is 8. The van der Waals surface area contributed by atoms with Crippen LogP contribution < -0.4 is 18.5 Å². The van der Waals surface area contributed by atoms with Crippen LogP contribution in [0.2, 0.25) is 10.0 Å². The third-order valence-electron chi connectivity index (χ3n) is 7.17. The van der Waals surface area contributed by atoms with Crippen molar-refractivity contribution >= 4 is 52.1 Å². The molecule has 49 heavy (non-hydrogen) atoms. The normalized spacial score (nSPS) is 14.2. The maximum Gasteiger partial charge on any atom is 0.387 e. The Kier molecular flexibility index (Phi) is 13.1. The van der Waals surface area contributed by atoms with Crippen molar-refractivity contribution < 1.29 is 50.8 Å². The van der Waals surface area contributed by atoms with Crippen LogP contribution in [0.25, 0.3) is 0 Å². The average molecular weight is 746 g/mol. The predicted octanol–water partition coefficient (Wildman–Crippen LogP) is 6.76. The van der Waals surface area contributed by atoms with Crippen LogP contribution in [0.3, 0.4) is 0 Å². The van der Waals surface area contributed by atoms with Gasteiger partial charge in [-0.25, -0.2) is 4.21 Å². The van der Waals surface area contributed by atoms with Gasteiger partial charge in [-0.1, -0.05) is 41.4 Å². The number of rotatable bonds is 16. The van der Waals surface area contributed by atoms with E-state index in [-0.39, 0.29) is 46.5 Å². The summed E-state index contributed by atoms with van der Waals surface area (Å²) in [4.78, 5) is 25.5. The first-order valence-electron chi connectivity index (χ1n) is 15.2. The van der Waals surface area contributed by atoms with E-state index < -0.39 is 48.1 Å². The number of esters is 2. The molecule has 1 aliphatic rings. The number of pyridine rings is 1. The Bertz CT molecular complexity index is 1630. The zero-order valence-electron chi connectivity index (χ0n) is 26.9. The molecule has 0 bridgehead atoms. The van der Waals surface area contributed by atoms with Gasteiger partial charge in [0.1, 0.15) is 28.3 Å². The monoisotopic (exact) mass is 744 g/mol. The third-order valence-corrected chi connectivity index (χ3v) is 8.54. The molecule has 0 saturated heterocycles. The summed E-state index contributed by atoms with van der Waals surface area (Å²) in [6.45, 7) is 1.82. The number of anilines is 1. The third kappa shape index (κ3) is 12.0. The minimum atomic E-state index is -3.09. The Morgan fingerprint density at radius 2 is 1.71 bits per heavy atom. The highest BCUT2D eigenvalue weighted by atomic mass is 35.5. The molecule has 0 radical (unpaired) electrons. The van der Waals surface area contributed by atoms with Crippen molar-refractivity contribution in [2.75, 3.05) is 17.5 Å². The lowest BCUT2D eigenvalue weighted by atomic mass is 10.0. The summed E-state index contributed by atoms with van der Waals surface area (Å²) in [5.74, 6) is -1.11. The minimum Gasteiger partial charge on any atom is -0.619 e. The number of aromatic nitrogens is 1. The van der Waals surface area contributed by atoms with Gasteiger partial charge in [0.2, 0.25) is 0 Å². The van der Waals surface area contributed by atoms with Gasteiger partial charge in [0.15, 0.2) is 23.9 Å². The van der Waals surface area contributed by atoms with Crippen LogP contribution in [0.5, 0.6) is 11.5 Å². The highest BCUT2D eigenvalue weighted by Crippen LogP contribution is 2.38. The molecule has 1 heterocycles. The van der Waals surface area contributed by atoms with E-state index in [0.29, 0.717) is 33.9 Å². The van der Waals surface area contributed by atoms with Gasteiger partial charge < -0.3 is 24.2 Å². The SMILES string of the molecule is CC(C)(C)OC(=O)CN(c1ccc(CCC(=O)O[C@@H](Cc2c(Cl)c[n+]([O-])cc2Cl)c2ccc(OC(F)F)c(OCC3CC3)c2)cc1)S(=O)O. The minimum absolute atomic E-state index is 0.0380. The molecule has 1 N–H and O–H groups in total. The second-order valence-corrected chi connectivity index (χ2v) is 14.1. The highest BCUT2D eigenvalue weighted by Gasteiger charge is 2.27. The molecular weight excluding hydrogens is 709 g/mol. The molecule has 0 amide bonds. The molecule has 1 aliphatic carbocycles. The topological polar surface area (TPSA) is 139 Å². The first-order valence-corrected chi connectivity index (χ1v) is 17.1. The predicted molar refractivity (Wildman–Crippen MR) is 178 cm³/mol. The largest absolute Gasteiger partial charge is 0.619 e. The lowest BCUT2D eigenvalue weighted by Crippen LogP contribution is -2.35. The highest BCUT2D eigenvalue weighted by molar-refractivity contribution is 7.80. The van der Waals surface area contributed by atoms with E-state index in [9.17, 15) is 32.3 Å². The number of nitrogens with zero attached hydrogens (tertiary/aromatic N) is 2. The molecule has 2 atom stereocenters. The van der Waals surface area contributed by atoms with Crippen molar-refractivity contribution in [2.24, 2.45) is 5.92 Å². The number of halogens is 4. The van der Waals surface area contributed by atoms with Crippen LogP contribution in [-0.4, -0.2) is 46.1 Å². The molecular formula is C33H36Cl2F2N2O9S. The fourth-order valence-electron chi connectivity index (χ4n) is 4.68. The molecule has 4 rings (SSSR count). The van der Waals surface area contributed by atoms with E-state index >= 15 is 0 Å². The Morgan fingerprint density at radius 3 is 2.29 bits per heavy atom. The number of benzene rings is 2. The van der Waals surface area contributed by atoms with E-state index in [0.717, 1.165) is 29.5 Å². The summed E-state index contributed by atoms with van der Waals surface area (Å²) < 4.78 is 70.9. The number of alkyl halides is 2. The van der Waals surface area contributed by atoms with E-state index in [4.69, 9.17) is 37.4 Å². The van der Waals surface area contributed by atoms with Crippen LogP contribution in [-0.2, 0) is 43.2 Å². The van der Waals surface area contributed by atoms with Crippen molar-refractivity contribution in [3.8, 4) is 11.5 Å². The summed E-state index contributed by atoms with van der Waals surface area (Å²) in [6.07, 6.45) is 3.20. The molecule has 0 spiro atoms. The van der Waals surface area contributed by atoms with Gasteiger partial charge in [0, 0.05) is 18.4 Å². The Morgan fingerprint density at radius 1 is 1.06 bits per heavy atom. The van der Waals surface area contributed by atoms with E-state index in [1.165, 1.54) is 30.3 Å². The van der Waals surface area contributed by atoms with Crippen LogP contribution in [0, 0.1) is 11.1 Å². The van der Waals surface area contributed by atoms with Gasteiger partial charge in [-0.2, -0.15) is 13.5 Å². The zero-order chi connectivity index (χ0) is 35.9. The Hall–Kier alpha value is -3.72. The molecule has 3 aromatic rings. The second kappa shape index (κ2) is 16.8. The molecule has 1 fully saturated rings. The van der Waals surface area contributed by atoms with Crippen LogP contribution in [0.4, 0.5) is 14.5 Å². The summed E-state index contributed by atoms with van der Waals surface area (Å²) in [6, 6.07) is 10.6. The van der Waals surface area contributed by atoms with Crippen molar-refractivity contribution in [2.45, 2.75) is 71.2 Å². The van der Waals surface area contributed by atoms with E-state index in [2.05, 4.69) is 4.74 Å². The number of hydrogen-bond donors (Lipinski definition) is 1. The fourth-order valence-corrected chi connectivity index (χ4v) is 5.80. The zero-order valence-corrected chi connectivity index (χ0v) is 29.2. The molecule has 16 heteroatoms. The fraction of sp³-hybridized carbons (Fsp3) is 0.424. The molecule has 2 aromatic carbocycles. The van der Waals surface area contributed by atoms with Crippen molar-refractivity contribution in [3.05, 3.63) is 86.8 Å². The van der Waals surface area contributed by atoms with E-state index in [1.807, 2.05) is 0 Å². The first-order chi connectivity index (χ1) is 23.1. The maximum atomic E-state index is 13.2. The van der Waals surface area contributed by atoms with Crippen molar-refractivity contribution in [3.63, 3.8) is 0 Å². The number of ether oxygens (including phenoxy) is 4. The van der Waals surface area contributed by atoms with Gasteiger partial charge >= 0.3 is 18.6 Å². The average Bonchev–Trinajstić information content (AvgIpc) is 3.83. The van der Waals surface area contributed by atoms with Gasteiger partial charge in [0.05, 0.1) is 12.3 Å². The van der Waals surface area contributed by atoms with Gasteiger partial charge in [-0.3, -0.25) is 18.4 Å². The van der Waals surface area contributed by atoms with Crippen molar-refractivity contribution in [1.82, 2.24) is 0 Å². The molecule has 1 saturated carbocycles. The molecule has 11 nitrogen and oxygen atoms in total. The maximum absolute atomic E-state index is 13.2. The Labute approximate surface area is 295 Å². The summed E-state index contributed by atoms with van der Waals surface area (Å²) >= 11 is 10.1. The van der Waals surface area contributed by atoms with Crippen LogP contribution in [0.15, 0.2) is 54.9 Å². The number of aryl methyl sites for hydroxylation is 1. The second-order valence-electron chi connectivity index (χ2n) is 12.3. The lowest BCUT2D eigenvalue weighted by Gasteiger charge is -2.23. The van der Waals surface area contributed by atoms with E-state index in [1.54, 1.807) is 32.9 Å². The van der Waals surface area contributed by atoms with Gasteiger partial charge in [0.25, 0.3) is 11.3 Å². The van der Waals surface area contributed by atoms with Crippen molar-refractivity contribution in [1.29, 1.82) is 0 Å². The molecule has 266 valence electrons. The Balaban J connectivity index is 1.50.